The molecule has 5 nitrogen and oxygen atoms in total. The van der Waals surface area contributed by atoms with E-state index < -0.39 is 20.2 Å². The van der Waals surface area contributed by atoms with Crippen LogP contribution in [0.3, 0.4) is 0 Å². The zero-order chi connectivity index (χ0) is 19.8. The van der Waals surface area contributed by atoms with Crippen LogP contribution in [0.25, 0.3) is 0 Å². The molecule has 3 unspecified atom stereocenters. The van der Waals surface area contributed by atoms with E-state index in [-0.39, 0.29) is 17.9 Å². The van der Waals surface area contributed by atoms with E-state index >= 15 is 0 Å². The Labute approximate surface area is 156 Å². The highest BCUT2D eigenvalue weighted by molar-refractivity contribution is 7.92. The Hall–Kier alpha value is -1.63. The van der Waals surface area contributed by atoms with E-state index in [4.69, 9.17) is 4.74 Å². The second-order valence-corrected chi connectivity index (χ2v) is 8.97. The first-order valence-electron chi connectivity index (χ1n) is 8.66. The molecule has 3 rings (SSSR count). The molecular weight excluding hydrogens is 381 g/mol. The van der Waals surface area contributed by atoms with E-state index in [9.17, 15) is 26.9 Å². The van der Waals surface area contributed by atoms with Gasteiger partial charge >= 0.3 is 5.51 Å². The molecule has 27 heavy (non-hydrogen) atoms. The molecule has 1 aromatic carbocycles. The Morgan fingerprint density at radius 1 is 1.30 bits per heavy atom. The molecule has 0 N–H and O–H groups in total. The van der Waals surface area contributed by atoms with Gasteiger partial charge in [0.15, 0.2) is 0 Å². The van der Waals surface area contributed by atoms with Crippen molar-refractivity contribution in [1.29, 1.82) is 5.26 Å². The number of methoxy groups -OCH3 is 1. The topological polar surface area (TPSA) is 70.4 Å². The molecule has 1 saturated carbocycles. The summed E-state index contributed by atoms with van der Waals surface area (Å²) in [5.74, 6) is -0.409. The van der Waals surface area contributed by atoms with Crippen LogP contribution in [0.15, 0.2) is 23.1 Å². The summed E-state index contributed by atoms with van der Waals surface area (Å²) in [7, 11) is -3.73. The standard InChI is InChI=1S/C18H20F3N2O3S/c1-26-15-10-23(11-15)14-4-7-17(13(8-14)9-22)12-2-5-16(6-3-12)27(24,25)18(19,20)21/h2-3,5,13-15,17H,4,7-8,10-11H2,1H3. The van der Waals surface area contributed by atoms with Crippen molar-refractivity contribution in [2.45, 2.75) is 47.7 Å². The summed E-state index contributed by atoms with van der Waals surface area (Å²) in [6.07, 6.45) is 2.51. The first kappa shape index (κ1) is 20.1. The van der Waals surface area contributed by atoms with Gasteiger partial charge in [-0.3, -0.25) is 4.90 Å². The molecule has 0 spiro atoms. The molecule has 0 aromatic heterocycles. The van der Waals surface area contributed by atoms with E-state index in [1.807, 2.05) is 0 Å². The fourth-order valence-corrected chi connectivity index (χ4v) is 4.59. The van der Waals surface area contributed by atoms with E-state index in [0.717, 1.165) is 32.0 Å². The maximum absolute atomic E-state index is 12.6. The lowest BCUT2D eigenvalue weighted by atomic mass is 9.73. The quantitative estimate of drug-likeness (QED) is 0.776. The summed E-state index contributed by atoms with van der Waals surface area (Å²) >= 11 is 0. The molecule has 2 aliphatic rings. The molecule has 0 amide bonds. The molecule has 1 radical (unpaired) electrons. The minimum atomic E-state index is -5.41. The summed E-state index contributed by atoms with van der Waals surface area (Å²) in [6.45, 7) is 1.70. The Morgan fingerprint density at radius 2 is 2.00 bits per heavy atom. The summed E-state index contributed by atoms with van der Waals surface area (Å²) in [4.78, 5) is 1.40. The fraction of sp³-hybridized carbons (Fsp3) is 0.611. The predicted molar refractivity (Wildman–Crippen MR) is 90.4 cm³/mol. The first-order chi connectivity index (χ1) is 12.7. The summed E-state index contributed by atoms with van der Waals surface area (Å²) in [6, 6.07) is 8.43. The second kappa shape index (κ2) is 7.41. The van der Waals surface area contributed by atoms with Gasteiger partial charge in [-0.05, 0) is 42.9 Å². The summed E-state index contributed by atoms with van der Waals surface area (Å²) < 4.78 is 66.1. The van der Waals surface area contributed by atoms with Crippen LogP contribution in [0, 0.1) is 23.3 Å². The molecule has 147 valence electrons. The number of nitrogens with zero attached hydrogens (tertiary/aromatic N) is 2. The highest BCUT2D eigenvalue weighted by atomic mass is 32.2. The van der Waals surface area contributed by atoms with Crippen LogP contribution in [0.1, 0.15) is 30.7 Å². The van der Waals surface area contributed by atoms with E-state index in [1.165, 1.54) is 12.1 Å². The smallest absolute Gasteiger partial charge is 0.379 e. The van der Waals surface area contributed by atoms with E-state index in [2.05, 4.69) is 17.0 Å². The normalized spacial score (nSPS) is 27.7. The Bertz CT molecular complexity index is 812. The van der Waals surface area contributed by atoms with Crippen molar-refractivity contribution >= 4 is 9.84 Å². The number of rotatable bonds is 4. The lowest BCUT2D eigenvalue weighted by Crippen LogP contribution is -2.57. The van der Waals surface area contributed by atoms with Crippen LogP contribution in [-0.4, -0.2) is 51.2 Å². The number of ether oxygens (including phenoxy) is 1. The molecular formula is C18H20F3N2O3S. The van der Waals surface area contributed by atoms with Crippen LogP contribution in [0.5, 0.6) is 0 Å². The number of hydrogen-bond donors (Lipinski definition) is 0. The predicted octanol–water partition coefficient (Wildman–Crippen LogP) is 2.89. The number of nitriles is 1. The molecule has 1 aliphatic heterocycles. The van der Waals surface area contributed by atoms with Crippen molar-refractivity contribution in [3.8, 4) is 6.07 Å². The molecule has 0 bridgehead atoms. The van der Waals surface area contributed by atoms with Gasteiger partial charge in [-0.25, -0.2) is 8.42 Å². The number of likely N-dealkylation sites (tertiary alicyclic amines) is 1. The molecule has 2 fully saturated rings. The molecule has 9 heteroatoms. The molecule has 1 aromatic rings. The SMILES string of the molecule is COC1CN(C2CCC(c3c[c]c(S(=O)(=O)C(F)(F)F)cc3)C(C#N)C2)C1. The molecule has 1 saturated heterocycles. The van der Waals surface area contributed by atoms with E-state index in [1.54, 1.807) is 7.11 Å². The third-order valence-corrected chi connectivity index (χ3v) is 6.99. The number of benzene rings is 1. The number of hydrogen-bond acceptors (Lipinski definition) is 5. The van der Waals surface area contributed by atoms with Crippen LogP contribution in [0.2, 0.25) is 0 Å². The Morgan fingerprint density at radius 3 is 2.52 bits per heavy atom. The van der Waals surface area contributed by atoms with Crippen molar-refractivity contribution in [1.82, 2.24) is 4.90 Å². The van der Waals surface area contributed by atoms with Crippen LogP contribution in [-0.2, 0) is 14.6 Å². The third-order valence-electron chi connectivity index (χ3n) is 5.55. The highest BCUT2D eigenvalue weighted by Crippen LogP contribution is 2.41. The molecule has 3 atom stereocenters. The minimum Gasteiger partial charge on any atom is -0.379 e. The van der Waals surface area contributed by atoms with Gasteiger partial charge in [-0.2, -0.15) is 18.4 Å². The zero-order valence-electron chi connectivity index (χ0n) is 14.7. The van der Waals surface area contributed by atoms with Crippen LogP contribution >= 0.6 is 0 Å². The van der Waals surface area contributed by atoms with Gasteiger partial charge in [-0.1, -0.05) is 6.07 Å². The van der Waals surface area contributed by atoms with Crippen molar-refractivity contribution < 1.29 is 26.3 Å². The van der Waals surface area contributed by atoms with Gasteiger partial charge in [0.1, 0.15) is 0 Å². The average molecular weight is 401 g/mol. The van der Waals surface area contributed by atoms with Gasteiger partial charge in [0, 0.05) is 32.3 Å². The fourth-order valence-electron chi connectivity index (χ4n) is 3.88. The van der Waals surface area contributed by atoms with Crippen molar-refractivity contribution in [3.63, 3.8) is 0 Å². The zero-order valence-corrected chi connectivity index (χ0v) is 15.6. The molecule has 1 heterocycles. The summed E-state index contributed by atoms with van der Waals surface area (Å²) in [5, 5.41) is 9.55. The Balaban J connectivity index is 1.71. The number of sulfone groups is 1. The second-order valence-electron chi connectivity index (χ2n) is 7.06. The number of alkyl halides is 3. The van der Waals surface area contributed by atoms with E-state index in [0.29, 0.717) is 18.0 Å². The van der Waals surface area contributed by atoms with Gasteiger partial charge < -0.3 is 4.74 Å². The summed E-state index contributed by atoms with van der Waals surface area (Å²) in [5.41, 5.74) is -4.70. The highest BCUT2D eigenvalue weighted by Gasteiger charge is 2.47. The lowest BCUT2D eigenvalue weighted by Gasteiger charge is -2.47. The van der Waals surface area contributed by atoms with Crippen molar-refractivity contribution in [2.75, 3.05) is 20.2 Å². The first-order valence-corrected chi connectivity index (χ1v) is 10.1. The maximum atomic E-state index is 12.6. The van der Waals surface area contributed by atoms with Crippen molar-refractivity contribution in [3.05, 3.63) is 29.8 Å². The van der Waals surface area contributed by atoms with Gasteiger partial charge in [0.2, 0.25) is 0 Å². The largest absolute Gasteiger partial charge is 0.501 e. The van der Waals surface area contributed by atoms with Gasteiger partial charge in [0.25, 0.3) is 9.84 Å². The van der Waals surface area contributed by atoms with Crippen molar-refractivity contribution in [2.24, 2.45) is 5.92 Å². The third kappa shape index (κ3) is 3.84. The van der Waals surface area contributed by atoms with Crippen LogP contribution < -0.4 is 0 Å². The van der Waals surface area contributed by atoms with Crippen LogP contribution in [0.4, 0.5) is 13.2 Å². The molecule has 1 aliphatic carbocycles. The monoisotopic (exact) mass is 401 g/mol. The minimum absolute atomic E-state index is 0.135. The number of halogens is 3. The Kier molecular flexibility index (Phi) is 5.52. The lowest BCUT2D eigenvalue weighted by molar-refractivity contribution is -0.0605. The average Bonchev–Trinajstić information content (AvgIpc) is 2.60. The maximum Gasteiger partial charge on any atom is 0.501 e. The van der Waals surface area contributed by atoms with Gasteiger partial charge in [-0.15, -0.1) is 0 Å². The van der Waals surface area contributed by atoms with Gasteiger partial charge in [0.05, 0.1) is 23.0 Å².